The summed E-state index contributed by atoms with van der Waals surface area (Å²) < 4.78 is 23.6. The lowest BCUT2D eigenvalue weighted by molar-refractivity contribution is 0.180. The molecule has 8 heteroatoms. The topological polar surface area (TPSA) is 65.0 Å². The van der Waals surface area contributed by atoms with Crippen LogP contribution in [0.5, 0.6) is 0 Å². The molecule has 0 amide bonds. The van der Waals surface area contributed by atoms with Gasteiger partial charge in [-0.1, -0.05) is 0 Å². The van der Waals surface area contributed by atoms with Crippen LogP contribution in [0.1, 0.15) is 48.5 Å². The fraction of sp³-hybridized carbons (Fsp3) is 0.941. The molecule has 0 saturated carbocycles. The van der Waals surface area contributed by atoms with Gasteiger partial charge in [0.25, 0.3) is 0 Å². The number of hydrogen-bond donors (Lipinski definition) is 1. The third-order valence-electron chi connectivity index (χ3n) is 4.62. The first-order chi connectivity index (χ1) is 11.0. The lowest BCUT2D eigenvalue weighted by Crippen LogP contribution is -2.57. The highest BCUT2D eigenvalue weighted by atomic mass is 127. The van der Waals surface area contributed by atoms with Gasteiger partial charge in [0.15, 0.2) is 15.8 Å². The summed E-state index contributed by atoms with van der Waals surface area (Å²) in [5.74, 6) is 1.02. The van der Waals surface area contributed by atoms with Crippen molar-refractivity contribution in [2.24, 2.45) is 4.99 Å². The van der Waals surface area contributed by atoms with E-state index < -0.39 is 14.6 Å². The predicted molar refractivity (Wildman–Crippen MR) is 118 cm³/mol. The molecular formula is C17H37IN4O2S. The van der Waals surface area contributed by atoms with Gasteiger partial charge in [0.05, 0.1) is 17.0 Å². The van der Waals surface area contributed by atoms with Gasteiger partial charge in [-0.3, -0.25) is 9.89 Å². The van der Waals surface area contributed by atoms with Crippen molar-refractivity contribution in [1.82, 2.24) is 15.1 Å². The number of guanidine groups is 1. The lowest BCUT2D eigenvalue weighted by Gasteiger charge is -2.39. The molecule has 1 rings (SSSR count). The number of halogens is 1. The van der Waals surface area contributed by atoms with Crippen molar-refractivity contribution in [3.8, 4) is 0 Å². The second kappa shape index (κ2) is 10.3. The van der Waals surface area contributed by atoms with E-state index in [4.69, 9.17) is 4.99 Å². The van der Waals surface area contributed by atoms with E-state index in [9.17, 15) is 8.42 Å². The van der Waals surface area contributed by atoms with Crippen LogP contribution in [0.3, 0.4) is 0 Å². The van der Waals surface area contributed by atoms with Crippen molar-refractivity contribution < 1.29 is 8.42 Å². The molecule has 0 aromatic carbocycles. The van der Waals surface area contributed by atoms with Gasteiger partial charge in [-0.25, -0.2) is 8.42 Å². The first kappa shape index (κ1) is 24.9. The maximum atomic E-state index is 12.2. The summed E-state index contributed by atoms with van der Waals surface area (Å²) in [4.78, 5) is 9.25. The van der Waals surface area contributed by atoms with Gasteiger partial charge in [-0.05, 0) is 48.5 Å². The van der Waals surface area contributed by atoms with Crippen LogP contribution >= 0.6 is 24.0 Å². The molecule has 1 aliphatic heterocycles. The molecule has 1 aliphatic rings. The minimum atomic E-state index is -3.03. The fourth-order valence-electron chi connectivity index (χ4n) is 3.13. The molecule has 1 fully saturated rings. The molecule has 0 spiro atoms. The van der Waals surface area contributed by atoms with Gasteiger partial charge in [-0.15, -0.1) is 24.0 Å². The Labute approximate surface area is 171 Å². The van der Waals surface area contributed by atoms with Gasteiger partial charge in [0, 0.05) is 38.3 Å². The van der Waals surface area contributed by atoms with Gasteiger partial charge in [0.2, 0.25) is 0 Å². The highest BCUT2D eigenvalue weighted by Crippen LogP contribution is 2.23. The summed E-state index contributed by atoms with van der Waals surface area (Å²) in [5.41, 5.74) is 0. The second-order valence-corrected chi connectivity index (χ2v) is 10.4. The van der Waals surface area contributed by atoms with Crippen molar-refractivity contribution >= 4 is 39.8 Å². The molecule has 0 aliphatic carbocycles. The summed E-state index contributed by atoms with van der Waals surface area (Å²) in [6.45, 7) is 17.8. The molecule has 6 nitrogen and oxygen atoms in total. The Kier molecular flexibility index (Phi) is 10.3. The van der Waals surface area contributed by atoms with Crippen molar-refractivity contribution in [3.63, 3.8) is 0 Å². The maximum absolute atomic E-state index is 12.2. The van der Waals surface area contributed by atoms with E-state index in [0.29, 0.717) is 31.7 Å². The van der Waals surface area contributed by atoms with Crippen LogP contribution in [0.25, 0.3) is 0 Å². The minimum Gasteiger partial charge on any atom is -0.357 e. The highest BCUT2D eigenvalue weighted by Gasteiger charge is 2.40. The first-order valence-electron chi connectivity index (χ1n) is 9.03. The van der Waals surface area contributed by atoms with E-state index in [1.807, 2.05) is 6.92 Å². The zero-order valence-electron chi connectivity index (χ0n) is 16.9. The molecule has 1 N–H and O–H groups in total. The summed E-state index contributed by atoms with van der Waals surface area (Å²) >= 11 is 0. The molecule has 1 saturated heterocycles. The number of nitrogens with one attached hydrogen (secondary N) is 1. The molecule has 1 heterocycles. The first-order valence-corrected chi connectivity index (χ1v) is 10.7. The SMILES string of the molecule is CCNC(=NCCN(C(C)C)C(C)C)N1CCS(=O)(=O)C(C)(C)C1.I. The lowest BCUT2D eigenvalue weighted by atomic mass is 10.2. The highest BCUT2D eigenvalue weighted by molar-refractivity contribution is 14.0. The Bertz CT molecular complexity index is 525. The van der Waals surface area contributed by atoms with E-state index in [2.05, 4.69) is 42.8 Å². The van der Waals surface area contributed by atoms with Gasteiger partial charge in [0.1, 0.15) is 0 Å². The maximum Gasteiger partial charge on any atom is 0.194 e. The predicted octanol–water partition coefficient (Wildman–Crippen LogP) is 2.20. The van der Waals surface area contributed by atoms with Crippen LogP contribution in [-0.2, 0) is 9.84 Å². The monoisotopic (exact) mass is 488 g/mol. The minimum absolute atomic E-state index is 0. The Hall–Kier alpha value is -0.0900. The Morgan fingerprint density at radius 1 is 1.24 bits per heavy atom. The van der Waals surface area contributed by atoms with Crippen LogP contribution < -0.4 is 5.32 Å². The Morgan fingerprint density at radius 2 is 1.80 bits per heavy atom. The molecule has 0 atom stereocenters. The van der Waals surface area contributed by atoms with Crippen LogP contribution in [0.15, 0.2) is 4.99 Å². The smallest absolute Gasteiger partial charge is 0.194 e. The summed E-state index contributed by atoms with van der Waals surface area (Å²) in [6.07, 6.45) is 0. The normalized spacial score (nSPS) is 20.1. The standard InChI is InChI=1S/C17H36N4O2S.HI/c1-8-18-16(19-9-10-21(14(2)3)15(4)5)20-11-12-24(22,23)17(6,7)13-20;/h14-15H,8-13H2,1-7H3,(H,18,19);1H. The molecule has 25 heavy (non-hydrogen) atoms. The zero-order chi connectivity index (χ0) is 18.5. The van der Waals surface area contributed by atoms with E-state index in [-0.39, 0.29) is 29.7 Å². The average Bonchev–Trinajstić information content (AvgIpc) is 2.44. The van der Waals surface area contributed by atoms with Crippen LogP contribution in [0.2, 0.25) is 0 Å². The van der Waals surface area contributed by atoms with Crippen molar-refractivity contribution in [1.29, 1.82) is 0 Å². The van der Waals surface area contributed by atoms with Crippen molar-refractivity contribution in [2.45, 2.75) is 65.3 Å². The molecule has 0 aromatic rings. The molecule has 0 unspecified atom stereocenters. The number of aliphatic imine (C=N–C) groups is 1. The number of rotatable bonds is 6. The molecule has 150 valence electrons. The molecule has 0 radical (unpaired) electrons. The van der Waals surface area contributed by atoms with Crippen LogP contribution in [0, 0.1) is 0 Å². The molecular weight excluding hydrogens is 451 g/mol. The Morgan fingerprint density at radius 3 is 2.24 bits per heavy atom. The van der Waals surface area contributed by atoms with E-state index >= 15 is 0 Å². The zero-order valence-corrected chi connectivity index (χ0v) is 20.0. The third kappa shape index (κ3) is 6.86. The van der Waals surface area contributed by atoms with E-state index in [0.717, 1.165) is 19.0 Å². The van der Waals surface area contributed by atoms with Gasteiger partial charge in [-0.2, -0.15) is 0 Å². The largest absolute Gasteiger partial charge is 0.357 e. The number of hydrogen-bond acceptors (Lipinski definition) is 4. The van der Waals surface area contributed by atoms with Crippen LogP contribution in [-0.4, -0.2) is 79.5 Å². The van der Waals surface area contributed by atoms with E-state index in [1.54, 1.807) is 13.8 Å². The molecule has 0 aromatic heterocycles. The summed E-state index contributed by atoms with van der Waals surface area (Å²) in [6, 6.07) is 0.976. The van der Waals surface area contributed by atoms with E-state index in [1.165, 1.54) is 0 Å². The number of nitrogens with zero attached hydrogens (tertiary/aromatic N) is 3. The second-order valence-electron chi connectivity index (χ2n) is 7.66. The molecule has 0 bridgehead atoms. The fourth-order valence-corrected chi connectivity index (χ4v) is 4.50. The Balaban J connectivity index is 0.00000576. The summed E-state index contributed by atoms with van der Waals surface area (Å²) in [7, 11) is -3.03. The van der Waals surface area contributed by atoms with Crippen molar-refractivity contribution in [2.75, 3.05) is 38.5 Å². The summed E-state index contributed by atoms with van der Waals surface area (Å²) in [5, 5.41) is 3.31. The van der Waals surface area contributed by atoms with Gasteiger partial charge < -0.3 is 10.2 Å². The van der Waals surface area contributed by atoms with Gasteiger partial charge >= 0.3 is 0 Å². The number of sulfone groups is 1. The quantitative estimate of drug-likeness (QED) is 0.353. The average molecular weight is 488 g/mol. The van der Waals surface area contributed by atoms with Crippen LogP contribution in [0.4, 0.5) is 0 Å². The van der Waals surface area contributed by atoms with Crippen molar-refractivity contribution in [3.05, 3.63) is 0 Å². The third-order valence-corrected chi connectivity index (χ3v) is 7.16.